The molecule has 0 bridgehead atoms. The summed E-state index contributed by atoms with van der Waals surface area (Å²) in [6.07, 6.45) is -12.0. The molecule has 2 aliphatic heterocycles. The molecule has 2 saturated heterocycles. The van der Waals surface area contributed by atoms with E-state index in [1.165, 1.54) is 0 Å². The molecule has 0 amide bonds. The second kappa shape index (κ2) is 12.1. The molecule has 10 atom stereocenters. The van der Waals surface area contributed by atoms with Gasteiger partial charge in [0, 0.05) is 4.57 Å². The molecule has 0 saturated carbocycles. The summed E-state index contributed by atoms with van der Waals surface area (Å²) < 4.78 is 71.0. The van der Waals surface area contributed by atoms with Crippen molar-refractivity contribution in [3.05, 3.63) is 33.4 Å². The van der Waals surface area contributed by atoms with E-state index < -0.39 is 88.5 Å². The van der Waals surface area contributed by atoms with Crippen molar-refractivity contribution in [2.45, 2.75) is 49.2 Å². The molecule has 0 aromatic carbocycles. The number of rotatable bonds is 10. The van der Waals surface area contributed by atoms with Gasteiger partial charge < -0.3 is 34.7 Å². The molecule has 0 radical (unpaired) electrons. The maximum atomic E-state index is 15.5. The Hall–Kier alpha value is -3.28. The Morgan fingerprint density at radius 3 is 2.60 bits per heavy atom. The average molecular weight is 697 g/mol. The van der Waals surface area contributed by atoms with Crippen molar-refractivity contribution in [3.63, 3.8) is 0 Å². The van der Waals surface area contributed by atoms with E-state index in [-0.39, 0.29) is 28.3 Å². The summed E-state index contributed by atoms with van der Waals surface area (Å²) in [6.45, 7) is -6.13. The number of alkyl halides is 2. The quantitative estimate of drug-likeness (QED) is 0.101. The van der Waals surface area contributed by atoms with E-state index in [0.29, 0.717) is 0 Å². The average Bonchev–Trinajstić information content (AvgIpc) is 3.73. The highest BCUT2D eigenvalue weighted by atomic mass is 32.5. The smallest absolute Gasteiger partial charge is 0.394 e. The lowest BCUT2D eigenvalue weighted by atomic mass is 10.1. The second-order valence-electron chi connectivity index (χ2n) is 9.56. The zero-order chi connectivity index (χ0) is 32.2. The third-order valence-corrected chi connectivity index (χ3v) is 8.80. The first kappa shape index (κ1) is 31.7. The summed E-state index contributed by atoms with van der Waals surface area (Å²) in [6, 6.07) is 0. The van der Waals surface area contributed by atoms with Crippen LogP contribution in [-0.4, -0.2) is 109 Å². The van der Waals surface area contributed by atoms with E-state index in [1.807, 2.05) is 0 Å². The third kappa shape index (κ3) is 5.90. The van der Waals surface area contributed by atoms with Crippen molar-refractivity contribution in [2.24, 2.45) is 0 Å². The van der Waals surface area contributed by atoms with E-state index in [9.17, 15) is 29.0 Å². The molecule has 2 unspecified atom stereocenters. The minimum absolute atomic E-state index is 0.137. The van der Waals surface area contributed by atoms with Crippen LogP contribution in [-0.2, 0) is 39.4 Å². The molecule has 4 aromatic rings. The molecule has 242 valence electrons. The zero-order valence-corrected chi connectivity index (χ0v) is 24.7. The van der Waals surface area contributed by atoms with Gasteiger partial charge in [0.15, 0.2) is 53.2 Å². The normalized spacial score (nSPS) is 30.3. The van der Waals surface area contributed by atoms with Crippen LogP contribution in [0.4, 0.5) is 14.7 Å². The van der Waals surface area contributed by atoms with Crippen molar-refractivity contribution in [3.8, 4) is 0 Å². The number of halogens is 2. The van der Waals surface area contributed by atoms with Crippen LogP contribution in [0.1, 0.15) is 12.5 Å². The van der Waals surface area contributed by atoms with Gasteiger partial charge in [0.25, 0.3) is 11.1 Å². The number of nitrogens with two attached hydrogens (primary N) is 1. The van der Waals surface area contributed by atoms with Crippen LogP contribution in [0.3, 0.4) is 0 Å². The summed E-state index contributed by atoms with van der Waals surface area (Å²) in [7, 11) is -3.38. The summed E-state index contributed by atoms with van der Waals surface area (Å²) in [5.41, 5.74) is 3.48. The Bertz CT molecular complexity index is 1930. The van der Waals surface area contributed by atoms with E-state index in [1.54, 1.807) is 0 Å². The SMILES string of the molecule is Nc1nc2c(ncn2[C@@H]2O[C@H](CO)[C@@H](F)[C@H]2OP(O)(=S)OC[C@H]2O[C@@H](n3nnc4c(=O)[nH]cnc43)[C@@H](F)[C@@H]2O[P+](=O)O)c(=O)[nH]1. The number of fused-ring (bicyclic) bond motifs is 2. The number of nitrogens with one attached hydrogen (secondary N) is 2. The largest absolute Gasteiger partial charge is 0.695 e. The van der Waals surface area contributed by atoms with Gasteiger partial charge >= 0.3 is 15.0 Å². The number of hydrogen-bond donors (Lipinski definition) is 6. The fourth-order valence-electron chi connectivity index (χ4n) is 4.86. The summed E-state index contributed by atoms with van der Waals surface area (Å²) in [5.74, 6) is -0.292. The van der Waals surface area contributed by atoms with Gasteiger partial charge in [0.05, 0.1) is 25.9 Å². The Morgan fingerprint density at radius 2 is 1.87 bits per heavy atom. The number of nitrogens with zero attached hydrogens (tertiary/aromatic N) is 7. The maximum absolute atomic E-state index is 15.5. The van der Waals surface area contributed by atoms with Gasteiger partial charge in [0.1, 0.15) is 18.3 Å². The molecule has 2 aliphatic rings. The number of aromatic nitrogens is 9. The van der Waals surface area contributed by atoms with Crippen LogP contribution in [0.15, 0.2) is 22.2 Å². The number of aliphatic hydroxyl groups excluding tert-OH is 1. The predicted octanol–water partition coefficient (Wildman–Crippen LogP) is -1.65. The molecule has 0 aliphatic carbocycles. The number of nitrogen functional groups attached to an aromatic ring is 1. The Morgan fingerprint density at radius 1 is 1.11 bits per heavy atom. The third-order valence-electron chi connectivity index (χ3n) is 6.81. The van der Waals surface area contributed by atoms with Crippen molar-refractivity contribution >= 4 is 55.1 Å². The van der Waals surface area contributed by atoms with Crippen LogP contribution in [0.25, 0.3) is 22.3 Å². The van der Waals surface area contributed by atoms with Crippen LogP contribution < -0.4 is 16.9 Å². The number of H-pyrrole nitrogens is 2. The molecule has 6 heterocycles. The van der Waals surface area contributed by atoms with Crippen molar-refractivity contribution in [1.29, 1.82) is 0 Å². The van der Waals surface area contributed by atoms with Crippen LogP contribution >= 0.6 is 15.0 Å². The first-order valence-corrected chi connectivity index (χ1v) is 16.3. The van der Waals surface area contributed by atoms with E-state index >= 15 is 8.78 Å². The highest BCUT2D eigenvalue weighted by Crippen LogP contribution is 2.51. The number of aromatic amines is 2. The zero-order valence-electron chi connectivity index (χ0n) is 22.1. The number of imidazole rings is 1. The molecule has 26 heteroatoms. The number of aliphatic hydroxyl groups is 1. The van der Waals surface area contributed by atoms with Gasteiger partial charge in [-0.2, -0.15) is 9.67 Å². The molecule has 2 fully saturated rings. The molecular formula is C19H21F2N10O11P2S+. The Labute approximate surface area is 252 Å². The van der Waals surface area contributed by atoms with E-state index in [0.717, 1.165) is 21.9 Å². The minimum atomic E-state index is -4.49. The lowest BCUT2D eigenvalue weighted by molar-refractivity contribution is -0.0565. The Kier molecular flexibility index (Phi) is 8.56. The standard InChI is InChI=1S/C19H20F2N10O11P2S/c20-7-5(1-32)39-18(30-4-25-9-14(30)26-19(22)27-16(9)34)12(7)42-44(37,45)38-2-6-11(41-43(35)36)8(21)17(40-6)31-13-10(28-29-31)15(33)24-3-23-13/h3-8,11-12,17-18,32H,1-2H2,(H5-,22,23,24,26,27,29,33,34,35,36,37,45)/p+1/t5-,6-,7-,8+,11-,12-,17-,18-,44?/m1/s1. The number of ether oxygens (including phenoxy) is 2. The highest BCUT2D eigenvalue weighted by molar-refractivity contribution is 8.07. The first-order valence-electron chi connectivity index (χ1n) is 12.6. The molecule has 7 N–H and O–H groups in total. The monoisotopic (exact) mass is 697 g/mol. The van der Waals surface area contributed by atoms with E-state index in [4.69, 9.17) is 40.6 Å². The second-order valence-corrected chi connectivity index (χ2v) is 13.0. The van der Waals surface area contributed by atoms with Crippen LogP contribution in [0.5, 0.6) is 0 Å². The summed E-state index contributed by atoms with van der Waals surface area (Å²) in [4.78, 5) is 60.7. The van der Waals surface area contributed by atoms with Crippen molar-refractivity contribution in [2.75, 3.05) is 18.9 Å². The molecule has 0 spiro atoms. The van der Waals surface area contributed by atoms with Gasteiger partial charge in [-0.15, -0.1) is 14.5 Å². The molecule has 21 nitrogen and oxygen atoms in total. The van der Waals surface area contributed by atoms with E-state index in [2.05, 4.69) is 35.2 Å². The van der Waals surface area contributed by atoms with Crippen LogP contribution in [0.2, 0.25) is 0 Å². The molecule has 6 rings (SSSR count). The number of anilines is 1. The number of hydrogen-bond acceptors (Lipinski definition) is 16. The van der Waals surface area contributed by atoms with Gasteiger partial charge in [0.2, 0.25) is 5.95 Å². The Balaban J connectivity index is 1.23. The molecule has 4 aromatic heterocycles. The highest BCUT2D eigenvalue weighted by Gasteiger charge is 2.54. The van der Waals surface area contributed by atoms with Crippen molar-refractivity contribution in [1.82, 2.24) is 44.5 Å². The van der Waals surface area contributed by atoms with Crippen molar-refractivity contribution < 1.29 is 51.3 Å². The van der Waals surface area contributed by atoms with Gasteiger partial charge in [-0.3, -0.25) is 23.7 Å². The fourth-order valence-corrected chi connectivity index (χ4v) is 6.73. The fraction of sp³-hybridized carbons (Fsp3) is 0.526. The predicted molar refractivity (Wildman–Crippen MR) is 145 cm³/mol. The lowest BCUT2D eigenvalue weighted by Gasteiger charge is -2.26. The summed E-state index contributed by atoms with van der Waals surface area (Å²) in [5, 5.41) is 17.0. The minimum Gasteiger partial charge on any atom is -0.394 e. The maximum Gasteiger partial charge on any atom is 0.695 e. The lowest BCUT2D eigenvalue weighted by Crippen LogP contribution is -2.34. The molecular weight excluding hydrogens is 676 g/mol. The van der Waals surface area contributed by atoms with Gasteiger partial charge in [-0.25, -0.2) is 18.7 Å². The topological polar surface area (TPSA) is 290 Å². The summed E-state index contributed by atoms with van der Waals surface area (Å²) >= 11 is 5.05. The molecule has 45 heavy (non-hydrogen) atoms. The first-order chi connectivity index (χ1) is 21.4. The van der Waals surface area contributed by atoms with Crippen LogP contribution in [0, 0.1) is 0 Å². The van der Waals surface area contributed by atoms with Gasteiger partial charge in [-0.1, -0.05) is 5.21 Å². The van der Waals surface area contributed by atoms with Gasteiger partial charge in [-0.05, 0) is 11.8 Å².